The number of ketones is 1. The molecule has 4 heteroatoms. The Bertz CT molecular complexity index is 489. The van der Waals surface area contributed by atoms with E-state index in [9.17, 15) is 4.79 Å². The van der Waals surface area contributed by atoms with Gasteiger partial charge in [-0.25, -0.2) is 0 Å². The molecular weight excluding hydrogens is 264 g/mol. The van der Waals surface area contributed by atoms with Crippen LogP contribution in [0.3, 0.4) is 0 Å². The average molecular weight is 288 g/mol. The number of carbonyl (C=O) groups excluding carboxylic acids is 1. The summed E-state index contributed by atoms with van der Waals surface area (Å²) in [6, 6.07) is 8.16. The highest BCUT2D eigenvalue weighted by atomic mass is 16.5. The fourth-order valence-corrected chi connectivity index (χ4v) is 3.49. The van der Waals surface area contributed by atoms with Crippen molar-refractivity contribution in [2.45, 2.75) is 25.8 Å². The van der Waals surface area contributed by atoms with Crippen LogP contribution >= 0.6 is 0 Å². The average Bonchev–Trinajstić information content (AvgIpc) is 2.90. The zero-order chi connectivity index (χ0) is 14.7. The van der Waals surface area contributed by atoms with Gasteiger partial charge in [0.2, 0.25) is 0 Å². The highest BCUT2D eigenvalue weighted by Gasteiger charge is 2.33. The van der Waals surface area contributed by atoms with Crippen LogP contribution in [-0.2, 0) is 0 Å². The Labute approximate surface area is 126 Å². The predicted octanol–water partition coefficient (Wildman–Crippen LogP) is 1.95. The van der Waals surface area contributed by atoms with Gasteiger partial charge in [0.05, 0.1) is 5.56 Å². The van der Waals surface area contributed by atoms with Crippen LogP contribution in [0.2, 0.25) is 0 Å². The van der Waals surface area contributed by atoms with Crippen molar-refractivity contribution < 1.29 is 9.53 Å². The van der Waals surface area contributed by atoms with E-state index in [1.54, 1.807) is 6.92 Å². The molecule has 114 valence electrons. The number of para-hydroxylation sites is 1. The van der Waals surface area contributed by atoms with E-state index in [-0.39, 0.29) is 5.78 Å². The molecule has 2 saturated heterocycles. The molecule has 21 heavy (non-hydrogen) atoms. The van der Waals surface area contributed by atoms with Crippen molar-refractivity contribution in [1.29, 1.82) is 0 Å². The minimum atomic E-state index is 0.0574. The standard InChI is InChI=1S/C17H24N2O2/c1-13(20)15-6-2-3-7-17(15)21-10-9-19-11-14-5-4-8-18-16(14)12-19/h2-3,6-7,14,16,18H,4-5,8-12H2,1H3/t14-,16+/m0/s1. The monoisotopic (exact) mass is 288 g/mol. The highest BCUT2D eigenvalue weighted by molar-refractivity contribution is 5.96. The molecule has 0 unspecified atom stereocenters. The van der Waals surface area contributed by atoms with Gasteiger partial charge < -0.3 is 10.1 Å². The molecule has 2 aliphatic heterocycles. The third-order valence-corrected chi connectivity index (χ3v) is 4.61. The number of fused-ring (bicyclic) bond motifs is 1. The SMILES string of the molecule is CC(=O)c1ccccc1OCCN1C[C@@H]2CCCN[C@@H]2C1. The van der Waals surface area contributed by atoms with Crippen molar-refractivity contribution >= 4 is 5.78 Å². The third-order valence-electron chi connectivity index (χ3n) is 4.61. The van der Waals surface area contributed by atoms with Crippen LogP contribution in [0, 0.1) is 5.92 Å². The van der Waals surface area contributed by atoms with E-state index in [1.807, 2.05) is 24.3 Å². The van der Waals surface area contributed by atoms with Gasteiger partial charge in [0, 0.05) is 25.7 Å². The summed E-state index contributed by atoms with van der Waals surface area (Å²) < 4.78 is 5.83. The Kier molecular flexibility index (Phi) is 4.56. The Morgan fingerprint density at radius 3 is 3.05 bits per heavy atom. The lowest BCUT2D eigenvalue weighted by atomic mass is 9.94. The smallest absolute Gasteiger partial charge is 0.163 e. The van der Waals surface area contributed by atoms with Crippen LogP contribution in [0.1, 0.15) is 30.1 Å². The second-order valence-corrected chi connectivity index (χ2v) is 6.12. The number of carbonyl (C=O) groups is 1. The molecule has 1 N–H and O–H groups in total. The largest absolute Gasteiger partial charge is 0.491 e. The van der Waals surface area contributed by atoms with E-state index < -0.39 is 0 Å². The van der Waals surface area contributed by atoms with Gasteiger partial charge in [0.1, 0.15) is 12.4 Å². The van der Waals surface area contributed by atoms with Crippen LogP contribution in [-0.4, -0.2) is 49.5 Å². The van der Waals surface area contributed by atoms with Gasteiger partial charge >= 0.3 is 0 Å². The Morgan fingerprint density at radius 2 is 2.24 bits per heavy atom. The summed E-state index contributed by atoms with van der Waals surface area (Å²) >= 11 is 0. The minimum Gasteiger partial charge on any atom is -0.491 e. The van der Waals surface area contributed by atoms with Gasteiger partial charge in [-0.2, -0.15) is 0 Å². The lowest BCUT2D eigenvalue weighted by Crippen LogP contribution is -2.40. The van der Waals surface area contributed by atoms with Crippen molar-refractivity contribution in [3.63, 3.8) is 0 Å². The van der Waals surface area contributed by atoms with E-state index in [1.165, 1.54) is 19.4 Å². The van der Waals surface area contributed by atoms with Gasteiger partial charge in [-0.05, 0) is 44.4 Å². The molecule has 0 radical (unpaired) electrons. The van der Waals surface area contributed by atoms with Gasteiger partial charge in [-0.3, -0.25) is 9.69 Å². The van der Waals surface area contributed by atoms with Crippen LogP contribution in [0.15, 0.2) is 24.3 Å². The zero-order valence-electron chi connectivity index (χ0n) is 12.7. The predicted molar refractivity (Wildman–Crippen MR) is 82.9 cm³/mol. The second-order valence-electron chi connectivity index (χ2n) is 6.12. The molecule has 1 aromatic carbocycles. The molecule has 0 aliphatic carbocycles. The number of rotatable bonds is 5. The number of nitrogens with one attached hydrogen (secondary N) is 1. The van der Waals surface area contributed by atoms with E-state index in [4.69, 9.17) is 4.74 Å². The number of hydrogen-bond acceptors (Lipinski definition) is 4. The number of Topliss-reactive ketones (excluding diaryl/α,β-unsaturated/α-hetero) is 1. The molecule has 0 spiro atoms. The van der Waals surface area contributed by atoms with Crippen molar-refractivity contribution in [1.82, 2.24) is 10.2 Å². The molecule has 2 heterocycles. The first-order valence-corrected chi connectivity index (χ1v) is 7.92. The van der Waals surface area contributed by atoms with Gasteiger partial charge in [-0.15, -0.1) is 0 Å². The lowest BCUT2D eigenvalue weighted by molar-refractivity contribution is 0.101. The van der Waals surface area contributed by atoms with Crippen molar-refractivity contribution in [2.24, 2.45) is 5.92 Å². The summed E-state index contributed by atoms with van der Waals surface area (Å²) in [5.41, 5.74) is 0.675. The molecule has 0 aromatic heterocycles. The van der Waals surface area contributed by atoms with Crippen LogP contribution in [0.25, 0.3) is 0 Å². The number of benzene rings is 1. The molecule has 4 nitrogen and oxygen atoms in total. The summed E-state index contributed by atoms with van der Waals surface area (Å²) in [6.45, 7) is 6.62. The van der Waals surface area contributed by atoms with Crippen molar-refractivity contribution in [3.05, 3.63) is 29.8 Å². The lowest BCUT2D eigenvalue weighted by Gasteiger charge is -2.24. The molecule has 0 amide bonds. The van der Waals surface area contributed by atoms with Gasteiger partial charge in [0.25, 0.3) is 0 Å². The third kappa shape index (κ3) is 3.44. The molecule has 1 aromatic rings. The fourth-order valence-electron chi connectivity index (χ4n) is 3.49. The Hall–Kier alpha value is -1.39. The number of ether oxygens (including phenoxy) is 1. The number of nitrogens with zero attached hydrogens (tertiary/aromatic N) is 1. The highest BCUT2D eigenvalue weighted by Crippen LogP contribution is 2.24. The molecular formula is C17H24N2O2. The first kappa shape index (κ1) is 14.5. The topological polar surface area (TPSA) is 41.6 Å². The second kappa shape index (κ2) is 6.58. The van der Waals surface area contributed by atoms with Crippen LogP contribution < -0.4 is 10.1 Å². The van der Waals surface area contributed by atoms with Crippen LogP contribution in [0.4, 0.5) is 0 Å². The van der Waals surface area contributed by atoms with E-state index in [0.717, 1.165) is 25.6 Å². The first-order chi connectivity index (χ1) is 10.2. The maximum Gasteiger partial charge on any atom is 0.163 e. The van der Waals surface area contributed by atoms with Crippen LogP contribution in [0.5, 0.6) is 5.75 Å². The normalized spacial score (nSPS) is 25.6. The number of hydrogen-bond donors (Lipinski definition) is 1. The summed E-state index contributed by atoms with van der Waals surface area (Å²) in [4.78, 5) is 14.0. The summed E-state index contributed by atoms with van der Waals surface area (Å²) in [5.74, 6) is 1.57. The minimum absolute atomic E-state index is 0.0574. The Morgan fingerprint density at radius 1 is 1.38 bits per heavy atom. The molecule has 2 fully saturated rings. The molecule has 2 aliphatic rings. The summed E-state index contributed by atoms with van der Waals surface area (Å²) in [6.07, 6.45) is 2.65. The molecule has 0 bridgehead atoms. The first-order valence-electron chi connectivity index (χ1n) is 7.92. The van der Waals surface area contributed by atoms with Crippen molar-refractivity contribution in [2.75, 3.05) is 32.8 Å². The van der Waals surface area contributed by atoms with E-state index in [0.29, 0.717) is 24.0 Å². The molecule has 0 saturated carbocycles. The maximum atomic E-state index is 11.6. The van der Waals surface area contributed by atoms with E-state index >= 15 is 0 Å². The van der Waals surface area contributed by atoms with Gasteiger partial charge in [-0.1, -0.05) is 12.1 Å². The van der Waals surface area contributed by atoms with E-state index in [2.05, 4.69) is 10.2 Å². The summed E-state index contributed by atoms with van der Waals surface area (Å²) in [5, 5.41) is 3.62. The number of piperidine rings is 1. The molecule has 2 atom stereocenters. The quantitative estimate of drug-likeness (QED) is 0.841. The Balaban J connectivity index is 1.49. The number of likely N-dealkylation sites (tertiary alicyclic amines) is 1. The summed E-state index contributed by atoms with van der Waals surface area (Å²) in [7, 11) is 0. The zero-order valence-corrected chi connectivity index (χ0v) is 12.7. The van der Waals surface area contributed by atoms with Gasteiger partial charge in [0.15, 0.2) is 5.78 Å². The van der Waals surface area contributed by atoms with Crippen molar-refractivity contribution in [3.8, 4) is 5.75 Å². The fraction of sp³-hybridized carbons (Fsp3) is 0.588. The molecule has 3 rings (SSSR count). The maximum absolute atomic E-state index is 11.6.